The number of hydrogen-bond donors (Lipinski definition) is 3. The van der Waals surface area contributed by atoms with E-state index in [4.69, 9.17) is 5.73 Å². The van der Waals surface area contributed by atoms with Crippen molar-refractivity contribution in [3.63, 3.8) is 0 Å². The van der Waals surface area contributed by atoms with Crippen LogP contribution >= 0.6 is 0 Å². The van der Waals surface area contributed by atoms with Crippen LogP contribution in [0.1, 0.15) is 28.8 Å². The molecule has 0 amide bonds. The molecule has 0 radical (unpaired) electrons. The molecule has 1 aliphatic heterocycles. The van der Waals surface area contributed by atoms with Gasteiger partial charge in [0.15, 0.2) is 15.6 Å². The van der Waals surface area contributed by atoms with Crippen molar-refractivity contribution < 1.29 is 22.4 Å². The minimum atomic E-state index is -3.79. The first-order chi connectivity index (χ1) is 16.2. The number of rotatable bonds is 7. The van der Waals surface area contributed by atoms with E-state index in [-0.39, 0.29) is 28.1 Å². The molecule has 0 bridgehead atoms. The van der Waals surface area contributed by atoms with Crippen molar-refractivity contribution in [1.29, 1.82) is 0 Å². The molecule has 1 fully saturated rings. The Morgan fingerprint density at radius 2 is 1.97 bits per heavy atom. The summed E-state index contributed by atoms with van der Waals surface area (Å²) in [5.74, 6) is -2.66. The largest absolute Gasteiger partial charge is 0.368 e. The Hall–Kier alpha value is -3.64. The molecule has 3 aromatic rings. The minimum absolute atomic E-state index is 0.00704. The second-order valence-electron chi connectivity index (χ2n) is 7.97. The third kappa shape index (κ3) is 4.82. The van der Waals surface area contributed by atoms with Crippen LogP contribution in [0, 0.1) is 12.7 Å². The van der Waals surface area contributed by atoms with Gasteiger partial charge < -0.3 is 16.4 Å². The van der Waals surface area contributed by atoms with E-state index in [1.807, 2.05) is 0 Å². The predicted octanol–water partition coefficient (Wildman–Crippen LogP) is 1.83. The Morgan fingerprint density at radius 1 is 1.24 bits per heavy atom. The normalized spacial score (nSPS) is 15.9. The van der Waals surface area contributed by atoms with E-state index < -0.39 is 33.4 Å². The molecule has 4 N–H and O–H groups in total. The number of aromatic nitrogens is 3. The van der Waals surface area contributed by atoms with Gasteiger partial charge >= 0.3 is 0 Å². The fourth-order valence-corrected chi connectivity index (χ4v) is 5.03. The summed E-state index contributed by atoms with van der Waals surface area (Å²) in [4.78, 5) is 28.9. The number of nitrogen functional groups attached to an aromatic ring is 1. The highest BCUT2D eigenvalue weighted by molar-refractivity contribution is 7.92. The highest BCUT2D eigenvalue weighted by Gasteiger charge is 2.27. The second-order valence-corrected chi connectivity index (χ2v) is 9.96. The average molecular weight is 487 g/mol. The third-order valence-corrected chi connectivity index (χ3v) is 7.17. The van der Waals surface area contributed by atoms with Crippen LogP contribution in [0.4, 0.5) is 22.0 Å². The number of benzene rings is 2. The molecule has 1 saturated heterocycles. The van der Waals surface area contributed by atoms with Gasteiger partial charge in [-0.1, -0.05) is 12.1 Å². The summed E-state index contributed by atoms with van der Waals surface area (Å²) < 4.78 is 40.1. The number of halogens is 1. The minimum Gasteiger partial charge on any atom is -0.368 e. The van der Waals surface area contributed by atoms with Gasteiger partial charge in [0, 0.05) is 5.69 Å². The number of nitrogens with two attached hydrogens (primary N) is 1. The fraction of sp³-hybridized carbons (Fsp3) is 0.273. The van der Waals surface area contributed by atoms with Gasteiger partial charge in [0.05, 0.1) is 16.5 Å². The third-order valence-electron chi connectivity index (χ3n) is 5.51. The molecule has 2 aromatic carbocycles. The van der Waals surface area contributed by atoms with Crippen molar-refractivity contribution >= 4 is 39.1 Å². The van der Waals surface area contributed by atoms with Crippen molar-refractivity contribution in [3.8, 4) is 0 Å². The lowest BCUT2D eigenvalue weighted by molar-refractivity contribution is -0.118. The quantitative estimate of drug-likeness (QED) is 0.455. The molecule has 12 heteroatoms. The molecule has 1 aromatic heterocycles. The van der Waals surface area contributed by atoms with Gasteiger partial charge in [-0.3, -0.25) is 9.59 Å². The zero-order valence-electron chi connectivity index (χ0n) is 18.3. The maximum Gasteiger partial charge on any atom is 0.284 e. The highest BCUT2D eigenvalue weighted by Crippen LogP contribution is 2.21. The number of carbonyl (C=O) groups excluding carboxylic acids is 2. The molecular weight excluding hydrogens is 463 g/mol. The average Bonchev–Trinajstić information content (AvgIpc) is 3.44. The number of nitrogens with one attached hydrogen (secondary N) is 2. The monoisotopic (exact) mass is 486 g/mol. The van der Waals surface area contributed by atoms with Crippen molar-refractivity contribution in [2.45, 2.75) is 30.7 Å². The molecule has 2 heterocycles. The SMILES string of the molecule is Cc1cccc(F)c1C(=O)n1nc(Nc2ccc(S(=O)(=O)CC(=O)[C@@H]3CCCN3)cc2)nc1N. The first-order valence-corrected chi connectivity index (χ1v) is 12.2. The van der Waals surface area contributed by atoms with Gasteiger partial charge in [-0.2, -0.15) is 9.67 Å². The Balaban J connectivity index is 1.48. The van der Waals surface area contributed by atoms with Crippen LogP contribution in [-0.4, -0.2) is 53.2 Å². The number of nitrogens with zero attached hydrogens (tertiary/aromatic N) is 3. The standard InChI is InChI=1S/C22H23FN6O4S/c1-13-4-2-5-16(23)19(13)20(31)29-21(24)27-22(28-29)26-14-7-9-15(10-8-14)34(32,33)12-18(30)17-6-3-11-25-17/h2,4-5,7-10,17,25H,3,6,11-12H2,1H3,(H3,24,26,27,28)/t17-/m0/s1. The summed E-state index contributed by atoms with van der Waals surface area (Å²) in [5.41, 5.74) is 6.49. The van der Waals surface area contributed by atoms with E-state index in [0.717, 1.165) is 11.1 Å². The number of sulfone groups is 1. The summed E-state index contributed by atoms with van der Waals surface area (Å²) in [7, 11) is -3.79. The molecule has 10 nitrogen and oxygen atoms in total. The van der Waals surface area contributed by atoms with Crippen molar-refractivity contribution in [3.05, 3.63) is 59.4 Å². The van der Waals surface area contributed by atoms with Crippen molar-refractivity contribution in [2.24, 2.45) is 0 Å². The molecule has 0 spiro atoms. The van der Waals surface area contributed by atoms with Gasteiger partial charge in [0.1, 0.15) is 11.6 Å². The predicted molar refractivity (Wildman–Crippen MR) is 123 cm³/mol. The van der Waals surface area contributed by atoms with E-state index in [9.17, 15) is 22.4 Å². The first kappa shape index (κ1) is 23.5. The summed E-state index contributed by atoms with van der Waals surface area (Å²) in [6.45, 7) is 2.30. The van der Waals surface area contributed by atoms with E-state index in [1.54, 1.807) is 13.0 Å². The molecule has 1 aliphatic rings. The molecule has 0 saturated carbocycles. The van der Waals surface area contributed by atoms with E-state index in [1.165, 1.54) is 36.4 Å². The first-order valence-electron chi connectivity index (χ1n) is 10.5. The van der Waals surface area contributed by atoms with E-state index >= 15 is 0 Å². The summed E-state index contributed by atoms with van der Waals surface area (Å²) >= 11 is 0. The Morgan fingerprint density at radius 3 is 2.62 bits per heavy atom. The lowest BCUT2D eigenvalue weighted by Crippen LogP contribution is -2.35. The van der Waals surface area contributed by atoms with Crippen LogP contribution in [0.15, 0.2) is 47.4 Å². The smallest absolute Gasteiger partial charge is 0.284 e. The number of anilines is 3. The van der Waals surface area contributed by atoms with Crippen molar-refractivity contribution in [1.82, 2.24) is 20.1 Å². The Labute approximate surface area is 195 Å². The molecule has 0 unspecified atom stereocenters. The zero-order chi connectivity index (χ0) is 24.5. The number of Topliss-reactive ketones (excluding diaryl/α,β-unsaturated/α-hetero) is 1. The molecule has 34 heavy (non-hydrogen) atoms. The Kier molecular flexibility index (Phi) is 6.44. The summed E-state index contributed by atoms with van der Waals surface area (Å²) in [6, 6.07) is 9.51. The number of hydrogen-bond acceptors (Lipinski definition) is 9. The number of carbonyl (C=O) groups is 2. The van der Waals surface area contributed by atoms with Gasteiger partial charge in [-0.05, 0) is 62.2 Å². The molecule has 178 valence electrons. The van der Waals surface area contributed by atoms with Crippen LogP contribution in [0.3, 0.4) is 0 Å². The van der Waals surface area contributed by atoms with Crippen LogP contribution in [-0.2, 0) is 14.6 Å². The van der Waals surface area contributed by atoms with Gasteiger partial charge in [0.25, 0.3) is 5.91 Å². The van der Waals surface area contributed by atoms with Crippen LogP contribution in [0.2, 0.25) is 0 Å². The van der Waals surface area contributed by atoms with Crippen LogP contribution in [0.5, 0.6) is 0 Å². The van der Waals surface area contributed by atoms with Crippen LogP contribution < -0.4 is 16.4 Å². The maximum atomic E-state index is 14.2. The zero-order valence-corrected chi connectivity index (χ0v) is 19.1. The summed E-state index contributed by atoms with van der Waals surface area (Å²) in [6.07, 6.45) is 1.48. The molecule has 1 atom stereocenters. The lowest BCUT2D eigenvalue weighted by Gasteiger charge is -2.10. The molecule has 0 aliphatic carbocycles. The second kappa shape index (κ2) is 9.31. The maximum absolute atomic E-state index is 14.2. The van der Waals surface area contributed by atoms with Crippen LogP contribution in [0.25, 0.3) is 0 Å². The lowest BCUT2D eigenvalue weighted by atomic mass is 10.1. The van der Waals surface area contributed by atoms with Crippen molar-refractivity contribution in [2.75, 3.05) is 23.3 Å². The van der Waals surface area contributed by atoms with Gasteiger partial charge in [0.2, 0.25) is 11.9 Å². The topological polar surface area (TPSA) is 149 Å². The van der Waals surface area contributed by atoms with E-state index in [2.05, 4.69) is 20.7 Å². The van der Waals surface area contributed by atoms with Gasteiger partial charge in [-0.25, -0.2) is 12.8 Å². The highest BCUT2D eigenvalue weighted by atomic mass is 32.2. The molecular formula is C22H23FN6O4S. The summed E-state index contributed by atoms with van der Waals surface area (Å²) in [5, 5.41) is 9.83. The fourth-order valence-electron chi connectivity index (χ4n) is 3.74. The number of aryl methyl sites for hydroxylation is 1. The number of ketones is 1. The molecule has 4 rings (SSSR count). The Bertz CT molecular complexity index is 1330. The van der Waals surface area contributed by atoms with Gasteiger partial charge in [-0.15, -0.1) is 5.10 Å². The van der Waals surface area contributed by atoms with E-state index in [0.29, 0.717) is 24.2 Å².